The van der Waals surface area contributed by atoms with Crippen molar-refractivity contribution >= 4 is 11.4 Å². The summed E-state index contributed by atoms with van der Waals surface area (Å²) in [6.45, 7) is 0.588. The lowest BCUT2D eigenvalue weighted by Crippen LogP contribution is -2.32. The van der Waals surface area contributed by atoms with Gasteiger partial charge in [-0.2, -0.15) is 5.10 Å². The minimum Gasteiger partial charge on any atom is -0.497 e. The van der Waals surface area contributed by atoms with Crippen LogP contribution in [0.2, 0.25) is 0 Å². The summed E-state index contributed by atoms with van der Waals surface area (Å²) >= 11 is 0. The molecule has 0 saturated heterocycles. The largest absolute Gasteiger partial charge is 0.497 e. The Labute approximate surface area is 177 Å². The molecule has 0 saturated carbocycles. The number of fused-ring (bicyclic) bond motifs is 1. The summed E-state index contributed by atoms with van der Waals surface area (Å²) in [5.41, 5.74) is 2.34. The standard InChI is InChI=1S/C23H21FN4O3/c1-31-19-7-3-5-17(14-19)20-15-21-23(30)27(10-11-28(21)26-20)9-8-25-22(29)13-16-4-2-6-18(24)12-16/h2-7,10-12,14-15H,8-9,13H2,1H3,(H,25,29). The van der Waals surface area contributed by atoms with Crippen LogP contribution in [-0.4, -0.2) is 33.7 Å². The lowest BCUT2D eigenvalue weighted by atomic mass is 10.1. The van der Waals surface area contributed by atoms with Crippen molar-refractivity contribution in [1.29, 1.82) is 0 Å². The number of nitrogens with zero attached hydrogens (tertiary/aromatic N) is 3. The second-order valence-electron chi connectivity index (χ2n) is 7.04. The molecule has 0 aliphatic carbocycles. The Morgan fingerprint density at radius 2 is 1.97 bits per heavy atom. The number of nitrogens with one attached hydrogen (secondary N) is 1. The number of benzene rings is 2. The molecular formula is C23H21FN4O3. The van der Waals surface area contributed by atoms with Gasteiger partial charge in [-0.05, 0) is 35.9 Å². The molecule has 1 amide bonds. The third kappa shape index (κ3) is 4.63. The van der Waals surface area contributed by atoms with E-state index in [2.05, 4.69) is 10.4 Å². The molecule has 8 heteroatoms. The van der Waals surface area contributed by atoms with Crippen molar-refractivity contribution in [2.75, 3.05) is 13.7 Å². The van der Waals surface area contributed by atoms with Crippen LogP contribution < -0.4 is 15.6 Å². The van der Waals surface area contributed by atoms with E-state index < -0.39 is 0 Å². The first kappa shape index (κ1) is 20.3. The SMILES string of the molecule is COc1cccc(-c2cc3c(=O)n(CCNC(=O)Cc4cccc(F)c4)ccn3n2)c1. The molecule has 7 nitrogen and oxygen atoms in total. The molecule has 4 aromatic rings. The van der Waals surface area contributed by atoms with Gasteiger partial charge in [0.1, 0.15) is 17.1 Å². The van der Waals surface area contributed by atoms with E-state index >= 15 is 0 Å². The fourth-order valence-corrected chi connectivity index (χ4v) is 3.34. The number of hydrogen-bond donors (Lipinski definition) is 1. The normalized spacial score (nSPS) is 10.9. The Bertz CT molecular complexity index is 1300. The van der Waals surface area contributed by atoms with Crippen molar-refractivity contribution < 1.29 is 13.9 Å². The zero-order valence-electron chi connectivity index (χ0n) is 16.9. The fraction of sp³-hybridized carbons (Fsp3) is 0.174. The van der Waals surface area contributed by atoms with Gasteiger partial charge in [0.2, 0.25) is 5.91 Å². The molecule has 158 valence electrons. The van der Waals surface area contributed by atoms with Gasteiger partial charge < -0.3 is 14.6 Å². The summed E-state index contributed by atoms with van der Waals surface area (Å²) in [5, 5.41) is 7.23. The van der Waals surface area contributed by atoms with Crippen molar-refractivity contribution in [3.63, 3.8) is 0 Å². The molecule has 0 fully saturated rings. The molecule has 0 radical (unpaired) electrons. The molecule has 0 atom stereocenters. The number of methoxy groups -OCH3 is 1. The Kier molecular flexibility index (Phi) is 5.79. The Morgan fingerprint density at radius 1 is 1.13 bits per heavy atom. The van der Waals surface area contributed by atoms with Gasteiger partial charge in [0.15, 0.2) is 0 Å². The molecule has 31 heavy (non-hydrogen) atoms. The van der Waals surface area contributed by atoms with E-state index in [9.17, 15) is 14.0 Å². The molecule has 0 aliphatic rings. The highest BCUT2D eigenvalue weighted by molar-refractivity contribution is 5.78. The van der Waals surface area contributed by atoms with Gasteiger partial charge >= 0.3 is 0 Å². The summed E-state index contributed by atoms with van der Waals surface area (Å²) in [6.07, 6.45) is 3.42. The first-order valence-electron chi connectivity index (χ1n) is 9.78. The predicted octanol–water partition coefficient (Wildman–Crippen LogP) is 2.67. The monoisotopic (exact) mass is 420 g/mol. The highest BCUT2D eigenvalue weighted by Crippen LogP contribution is 2.23. The van der Waals surface area contributed by atoms with Crippen molar-refractivity contribution in [2.24, 2.45) is 0 Å². The van der Waals surface area contributed by atoms with Crippen LogP contribution in [0.25, 0.3) is 16.8 Å². The number of aromatic nitrogens is 3. The third-order valence-corrected chi connectivity index (χ3v) is 4.90. The van der Waals surface area contributed by atoms with Gasteiger partial charge in [-0.3, -0.25) is 9.59 Å². The first-order valence-corrected chi connectivity index (χ1v) is 9.78. The van der Waals surface area contributed by atoms with E-state index in [1.807, 2.05) is 24.3 Å². The van der Waals surface area contributed by atoms with Crippen LogP contribution in [0.5, 0.6) is 5.75 Å². The Morgan fingerprint density at radius 3 is 2.77 bits per heavy atom. The Balaban J connectivity index is 1.44. The zero-order valence-corrected chi connectivity index (χ0v) is 16.9. The minimum absolute atomic E-state index is 0.0816. The average Bonchev–Trinajstić information content (AvgIpc) is 3.21. The van der Waals surface area contributed by atoms with E-state index in [0.29, 0.717) is 29.1 Å². The van der Waals surface area contributed by atoms with E-state index in [1.54, 1.807) is 37.7 Å². The molecule has 1 N–H and O–H groups in total. The van der Waals surface area contributed by atoms with Gasteiger partial charge in [-0.15, -0.1) is 0 Å². The fourth-order valence-electron chi connectivity index (χ4n) is 3.34. The van der Waals surface area contributed by atoms with Crippen LogP contribution in [0, 0.1) is 5.82 Å². The lowest BCUT2D eigenvalue weighted by molar-refractivity contribution is -0.120. The molecule has 0 aliphatic heterocycles. The maximum absolute atomic E-state index is 13.2. The molecular weight excluding hydrogens is 399 g/mol. The smallest absolute Gasteiger partial charge is 0.276 e. The van der Waals surface area contributed by atoms with E-state index in [-0.39, 0.29) is 30.2 Å². The number of carbonyl (C=O) groups is 1. The van der Waals surface area contributed by atoms with Crippen molar-refractivity contribution in [3.05, 3.63) is 88.7 Å². The van der Waals surface area contributed by atoms with Crippen LogP contribution in [0.1, 0.15) is 5.56 Å². The molecule has 0 bridgehead atoms. The van der Waals surface area contributed by atoms with Crippen molar-refractivity contribution in [1.82, 2.24) is 19.5 Å². The number of halogens is 1. The average molecular weight is 420 g/mol. The van der Waals surface area contributed by atoms with Gasteiger partial charge in [-0.1, -0.05) is 24.3 Å². The third-order valence-electron chi connectivity index (χ3n) is 4.90. The highest BCUT2D eigenvalue weighted by Gasteiger charge is 2.10. The number of rotatable bonds is 7. The molecule has 2 aromatic carbocycles. The topological polar surface area (TPSA) is 77.6 Å². The first-order chi connectivity index (χ1) is 15.0. The van der Waals surface area contributed by atoms with Gasteiger partial charge in [0.25, 0.3) is 5.56 Å². The summed E-state index contributed by atoms with van der Waals surface area (Å²) < 4.78 is 21.5. The molecule has 2 heterocycles. The maximum Gasteiger partial charge on any atom is 0.276 e. The van der Waals surface area contributed by atoms with Crippen molar-refractivity contribution in [3.8, 4) is 17.0 Å². The van der Waals surface area contributed by atoms with Crippen LogP contribution >= 0.6 is 0 Å². The van der Waals surface area contributed by atoms with E-state index in [4.69, 9.17) is 4.74 Å². The van der Waals surface area contributed by atoms with Crippen LogP contribution in [0.4, 0.5) is 4.39 Å². The second-order valence-corrected chi connectivity index (χ2v) is 7.04. The summed E-state index contributed by atoms with van der Waals surface area (Å²) in [6, 6.07) is 15.1. The lowest BCUT2D eigenvalue weighted by Gasteiger charge is -2.08. The number of amides is 1. The Hall–Kier alpha value is -3.94. The highest BCUT2D eigenvalue weighted by atomic mass is 19.1. The molecule has 0 unspecified atom stereocenters. The zero-order chi connectivity index (χ0) is 21.8. The van der Waals surface area contributed by atoms with Gasteiger partial charge in [0, 0.05) is 31.0 Å². The number of hydrogen-bond acceptors (Lipinski definition) is 4. The quantitative estimate of drug-likeness (QED) is 0.499. The van der Waals surface area contributed by atoms with Crippen molar-refractivity contribution in [2.45, 2.75) is 13.0 Å². The summed E-state index contributed by atoms with van der Waals surface area (Å²) in [5.74, 6) is 0.101. The summed E-state index contributed by atoms with van der Waals surface area (Å²) in [4.78, 5) is 24.9. The molecule has 2 aromatic heterocycles. The van der Waals surface area contributed by atoms with Gasteiger partial charge in [-0.25, -0.2) is 8.91 Å². The predicted molar refractivity (Wildman–Crippen MR) is 115 cm³/mol. The second kappa shape index (κ2) is 8.83. The van der Waals surface area contributed by atoms with Crippen LogP contribution in [-0.2, 0) is 17.8 Å². The number of carbonyl (C=O) groups excluding carboxylic acids is 1. The number of ether oxygens (including phenoxy) is 1. The molecule has 0 spiro atoms. The van der Waals surface area contributed by atoms with Crippen LogP contribution in [0.15, 0.2) is 71.8 Å². The minimum atomic E-state index is -0.376. The van der Waals surface area contributed by atoms with E-state index in [1.165, 1.54) is 21.2 Å². The molecule has 4 rings (SSSR count). The van der Waals surface area contributed by atoms with Crippen LogP contribution in [0.3, 0.4) is 0 Å². The van der Waals surface area contributed by atoms with Gasteiger partial charge in [0.05, 0.1) is 19.2 Å². The maximum atomic E-state index is 13.2. The van der Waals surface area contributed by atoms with E-state index in [0.717, 1.165) is 5.56 Å². The summed E-state index contributed by atoms with van der Waals surface area (Å²) in [7, 11) is 1.60.